The molecule has 1 aliphatic heterocycles. The smallest absolute Gasteiger partial charge is 0.303 e. The molecule has 1 heterocycles. The van der Waals surface area contributed by atoms with Crippen LogP contribution >= 0.6 is 0 Å². The summed E-state index contributed by atoms with van der Waals surface area (Å²) in [7, 11) is 0. The van der Waals surface area contributed by atoms with E-state index in [1.165, 1.54) is 13.8 Å². The highest BCUT2D eigenvalue weighted by Crippen LogP contribution is 2.30. The van der Waals surface area contributed by atoms with Gasteiger partial charge in [-0.3, -0.25) is 9.59 Å². The van der Waals surface area contributed by atoms with Crippen molar-refractivity contribution in [3.8, 4) is 12.3 Å². The fourth-order valence-corrected chi connectivity index (χ4v) is 1.84. The molecule has 6 heteroatoms. The Morgan fingerprint density at radius 2 is 2.00 bits per heavy atom. The van der Waals surface area contributed by atoms with E-state index in [9.17, 15) is 9.59 Å². The maximum Gasteiger partial charge on any atom is 0.303 e. The third-order valence-electron chi connectivity index (χ3n) is 2.77. The van der Waals surface area contributed by atoms with Crippen LogP contribution in [-0.4, -0.2) is 43.7 Å². The molecule has 4 atom stereocenters. The fourth-order valence-electron chi connectivity index (χ4n) is 1.84. The van der Waals surface area contributed by atoms with Crippen LogP contribution in [0.25, 0.3) is 0 Å². The SMILES string of the molecule is C#CCO[C@@H]1O[C@H](COC(C)=O)C(C)C1OC(C)=O. The molecule has 1 fully saturated rings. The van der Waals surface area contributed by atoms with Crippen LogP contribution in [-0.2, 0) is 28.5 Å². The first kappa shape index (κ1) is 15.5. The van der Waals surface area contributed by atoms with Gasteiger partial charge in [-0.25, -0.2) is 0 Å². The number of carbonyl (C=O) groups excluding carboxylic acids is 2. The Morgan fingerprint density at radius 1 is 1.32 bits per heavy atom. The van der Waals surface area contributed by atoms with E-state index in [1.54, 1.807) is 0 Å². The molecule has 0 aromatic carbocycles. The number of rotatable bonds is 5. The minimum Gasteiger partial charge on any atom is -0.463 e. The number of hydrogen-bond acceptors (Lipinski definition) is 6. The molecule has 0 amide bonds. The van der Waals surface area contributed by atoms with Gasteiger partial charge in [-0.1, -0.05) is 12.8 Å². The molecule has 0 spiro atoms. The van der Waals surface area contributed by atoms with Crippen molar-refractivity contribution in [1.82, 2.24) is 0 Å². The average Bonchev–Trinajstić information content (AvgIpc) is 2.61. The monoisotopic (exact) mass is 270 g/mol. The van der Waals surface area contributed by atoms with E-state index < -0.39 is 30.4 Å². The Balaban J connectivity index is 2.65. The summed E-state index contributed by atoms with van der Waals surface area (Å²) in [6.45, 7) is 4.60. The molecule has 0 N–H and O–H groups in total. The predicted octanol–water partition coefficient (Wildman–Crippen LogP) is 0.492. The van der Waals surface area contributed by atoms with E-state index in [2.05, 4.69) is 5.92 Å². The molecule has 0 bridgehead atoms. The zero-order valence-electron chi connectivity index (χ0n) is 11.3. The van der Waals surface area contributed by atoms with E-state index >= 15 is 0 Å². The lowest BCUT2D eigenvalue weighted by molar-refractivity contribution is -0.184. The molecule has 2 unspecified atom stereocenters. The molecule has 0 aliphatic carbocycles. The van der Waals surface area contributed by atoms with Crippen LogP contribution in [0.5, 0.6) is 0 Å². The topological polar surface area (TPSA) is 71.1 Å². The molecule has 1 rings (SSSR count). The summed E-state index contributed by atoms with van der Waals surface area (Å²) in [4.78, 5) is 21.9. The summed E-state index contributed by atoms with van der Waals surface area (Å²) < 4.78 is 20.9. The van der Waals surface area contributed by atoms with Gasteiger partial charge in [0.05, 0.1) is 0 Å². The number of esters is 2. The van der Waals surface area contributed by atoms with Gasteiger partial charge in [0.15, 0.2) is 12.4 Å². The lowest BCUT2D eigenvalue weighted by Crippen LogP contribution is -2.33. The summed E-state index contributed by atoms with van der Waals surface area (Å²) in [5.74, 6) is 1.34. The molecule has 106 valence electrons. The Morgan fingerprint density at radius 3 is 2.53 bits per heavy atom. The summed E-state index contributed by atoms with van der Waals surface area (Å²) in [5.41, 5.74) is 0. The second-order valence-electron chi connectivity index (χ2n) is 4.29. The molecule has 0 radical (unpaired) electrons. The standard InChI is InChI=1S/C13H18O6/c1-5-6-16-13-12(18-10(4)15)8(2)11(19-13)7-17-9(3)14/h1,8,11-13H,6-7H2,2-4H3/t8?,11-,12?,13-/m1/s1. The minimum absolute atomic E-state index is 0.0510. The van der Waals surface area contributed by atoms with Crippen molar-refractivity contribution in [3.05, 3.63) is 0 Å². The zero-order chi connectivity index (χ0) is 14.4. The third kappa shape index (κ3) is 4.54. The first-order valence-electron chi connectivity index (χ1n) is 5.96. The number of terminal acetylenes is 1. The predicted molar refractivity (Wildman–Crippen MR) is 64.8 cm³/mol. The van der Waals surface area contributed by atoms with Crippen molar-refractivity contribution >= 4 is 11.9 Å². The largest absolute Gasteiger partial charge is 0.463 e. The van der Waals surface area contributed by atoms with Crippen molar-refractivity contribution in [3.63, 3.8) is 0 Å². The molecule has 0 aromatic heterocycles. The van der Waals surface area contributed by atoms with E-state index in [4.69, 9.17) is 25.4 Å². The highest BCUT2D eigenvalue weighted by Gasteiger charge is 2.45. The Bertz CT molecular complexity index is 372. The van der Waals surface area contributed by atoms with Crippen LogP contribution in [0.1, 0.15) is 20.8 Å². The highest BCUT2D eigenvalue weighted by molar-refractivity contribution is 5.66. The zero-order valence-corrected chi connectivity index (χ0v) is 11.3. The lowest BCUT2D eigenvalue weighted by atomic mass is 10.0. The van der Waals surface area contributed by atoms with E-state index in [-0.39, 0.29) is 19.1 Å². The fraction of sp³-hybridized carbons (Fsp3) is 0.692. The van der Waals surface area contributed by atoms with Crippen molar-refractivity contribution in [2.45, 2.75) is 39.3 Å². The molecule has 19 heavy (non-hydrogen) atoms. The van der Waals surface area contributed by atoms with Gasteiger partial charge >= 0.3 is 11.9 Å². The van der Waals surface area contributed by atoms with E-state index in [0.29, 0.717) is 0 Å². The normalized spacial score (nSPS) is 29.6. The van der Waals surface area contributed by atoms with Gasteiger partial charge in [0, 0.05) is 19.8 Å². The maximum atomic E-state index is 11.1. The lowest BCUT2D eigenvalue weighted by Gasteiger charge is -2.20. The Kier molecular flexibility index (Phi) is 5.80. The van der Waals surface area contributed by atoms with E-state index in [1.807, 2.05) is 6.92 Å². The highest BCUT2D eigenvalue weighted by atomic mass is 16.7. The number of hydrogen-bond donors (Lipinski definition) is 0. The van der Waals surface area contributed by atoms with Gasteiger partial charge in [-0.05, 0) is 0 Å². The van der Waals surface area contributed by atoms with Crippen LogP contribution in [0.15, 0.2) is 0 Å². The third-order valence-corrected chi connectivity index (χ3v) is 2.77. The Labute approximate surface area is 112 Å². The van der Waals surface area contributed by atoms with Crippen LogP contribution in [0, 0.1) is 18.3 Å². The summed E-state index contributed by atoms with van der Waals surface area (Å²) in [5, 5.41) is 0. The number of ether oxygens (including phenoxy) is 4. The molecule has 1 saturated heterocycles. The molecular weight excluding hydrogens is 252 g/mol. The van der Waals surface area contributed by atoms with Crippen molar-refractivity contribution < 1.29 is 28.5 Å². The molecule has 1 aliphatic rings. The number of carbonyl (C=O) groups is 2. The van der Waals surface area contributed by atoms with Crippen molar-refractivity contribution in [2.75, 3.05) is 13.2 Å². The van der Waals surface area contributed by atoms with Gasteiger partial charge in [0.1, 0.15) is 19.3 Å². The van der Waals surface area contributed by atoms with Crippen LogP contribution in [0.3, 0.4) is 0 Å². The van der Waals surface area contributed by atoms with Crippen molar-refractivity contribution in [1.29, 1.82) is 0 Å². The van der Waals surface area contributed by atoms with Gasteiger partial charge in [-0.2, -0.15) is 0 Å². The first-order chi connectivity index (χ1) is 8.95. The van der Waals surface area contributed by atoms with E-state index in [0.717, 1.165) is 0 Å². The van der Waals surface area contributed by atoms with Crippen LogP contribution in [0.2, 0.25) is 0 Å². The van der Waals surface area contributed by atoms with Gasteiger partial charge in [0.25, 0.3) is 0 Å². The summed E-state index contributed by atoms with van der Waals surface area (Å²) in [6, 6.07) is 0. The van der Waals surface area contributed by atoms with Gasteiger partial charge < -0.3 is 18.9 Å². The Hall–Kier alpha value is -1.58. The first-order valence-corrected chi connectivity index (χ1v) is 5.96. The average molecular weight is 270 g/mol. The van der Waals surface area contributed by atoms with Crippen molar-refractivity contribution in [2.24, 2.45) is 5.92 Å². The molecular formula is C13H18O6. The second kappa shape index (κ2) is 7.12. The van der Waals surface area contributed by atoms with Crippen LogP contribution in [0.4, 0.5) is 0 Å². The molecule has 0 saturated carbocycles. The van der Waals surface area contributed by atoms with Gasteiger partial charge in [-0.15, -0.1) is 6.42 Å². The van der Waals surface area contributed by atoms with Gasteiger partial charge in [0.2, 0.25) is 0 Å². The second-order valence-corrected chi connectivity index (χ2v) is 4.29. The van der Waals surface area contributed by atoms with Crippen LogP contribution < -0.4 is 0 Å². The molecule has 6 nitrogen and oxygen atoms in total. The maximum absolute atomic E-state index is 11.1. The summed E-state index contributed by atoms with van der Waals surface area (Å²) in [6.07, 6.45) is 3.42. The summed E-state index contributed by atoms with van der Waals surface area (Å²) >= 11 is 0. The molecule has 0 aromatic rings. The minimum atomic E-state index is -0.740. The quantitative estimate of drug-likeness (QED) is 0.535.